The molecule has 2 N–H and O–H groups in total. The number of rotatable bonds is 8. The highest BCUT2D eigenvalue weighted by Gasteiger charge is 2.09. The summed E-state index contributed by atoms with van der Waals surface area (Å²) >= 11 is 0. The predicted molar refractivity (Wildman–Crippen MR) is 107 cm³/mol. The Morgan fingerprint density at radius 2 is 2.00 bits per heavy atom. The maximum atomic E-state index is 5.57. The first kappa shape index (κ1) is 19.4. The molecule has 0 radical (unpaired) electrons. The van der Waals surface area contributed by atoms with Gasteiger partial charge in [-0.1, -0.05) is 18.2 Å². The van der Waals surface area contributed by atoms with E-state index in [1.165, 1.54) is 0 Å². The summed E-state index contributed by atoms with van der Waals surface area (Å²) in [6.07, 6.45) is 2.75. The van der Waals surface area contributed by atoms with Crippen molar-refractivity contribution in [2.45, 2.75) is 19.9 Å². The van der Waals surface area contributed by atoms with E-state index in [2.05, 4.69) is 32.4 Å². The second-order valence-electron chi connectivity index (χ2n) is 6.44. The van der Waals surface area contributed by atoms with Gasteiger partial charge in [0.05, 0.1) is 19.8 Å². The Kier molecular flexibility index (Phi) is 7.68. The molecule has 1 aromatic carbocycles. The van der Waals surface area contributed by atoms with Gasteiger partial charge in [0.15, 0.2) is 5.96 Å². The van der Waals surface area contributed by atoms with E-state index in [4.69, 9.17) is 9.15 Å². The number of aliphatic imine (C=N–C) groups is 1. The Hall–Kier alpha value is -2.38. The third-order valence-corrected chi connectivity index (χ3v) is 4.36. The summed E-state index contributed by atoms with van der Waals surface area (Å²) in [5.41, 5.74) is 1.79. The molecule has 2 heterocycles. The number of nitrogens with one attached hydrogen (secondary N) is 2. The normalized spacial score (nSPS) is 15.7. The lowest BCUT2D eigenvalue weighted by molar-refractivity contribution is 0.0376. The number of guanidine groups is 1. The Morgan fingerprint density at radius 1 is 1.19 bits per heavy atom. The Balaban J connectivity index is 1.46. The maximum absolute atomic E-state index is 5.57. The molecular weight excluding hydrogens is 342 g/mol. The number of benzene rings is 1. The Labute approximate surface area is 160 Å². The van der Waals surface area contributed by atoms with Gasteiger partial charge in [-0.3, -0.25) is 4.90 Å². The second-order valence-corrected chi connectivity index (χ2v) is 6.44. The molecule has 0 unspecified atom stereocenters. The average Bonchev–Trinajstić information content (AvgIpc) is 3.20. The van der Waals surface area contributed by atoms with Crippen molar-refractivity contribution in [2.75, 3.05) is 45.9 Å². The molecule has 2 aromatic rings. The molecule has 1 aromatic heterocycles. The minimum absolute atomic E-state index is 0.481. The standard InChI is InChI=1S/C20H29N5O2/c1-2-21-20(22-9-6-10-25-11-13-26-14-12-25)23-15-18-16-27-19(24-18)17-7-4-3-5-8-17/h3-5,7-8,16H,2,6,9-15H2,1H3,(H2,21,22,23). The topological polar surface area (TPSA) is 74.9 Å². The smallest absolute Gasteiger partial charge is 0.226 e. The fourth-order valence-corrected chi connectivity index (χ4v) is 2.93. The van der Waals surface area contributed by atoms with E-state index in [0.717, 1.165) is 69.6 Å². The third-order valence-electron chi connectivity index (χ3n) is 4.36. The van der Waals surface area contributed by atoms with Crippen LogP contribution in [0.15, 0.2) is 46.0 Å². The van der Waals surface area contributed by atoms with E-state index < -0.39 is 0 Å². The monoisotopic (exact) mass is 371 g/mol. The van der Waals surface area contributed by atoms with E-state index in [-0.39, 0.29) is 0 Å². The van der Waals surface area contributed by atoms with Gasteiger partial charge in [-0.15, -0.1) is 0 Å². The van der Waals surface area contributed by atoms with E-state index in [1.807, 2.05) is 30.3 Å². The van der Waals surface area contributed by atoms with Crippen LogP contribution in [0.1, 0.15) is 19.0 Å². The van der Waals surface area contributed by atoms with Crippen LogP contribution < -0.4 is 10.6 Å². The third kappa shape index (κ3) is 6.37. The molecule has 146 valence electrons. The van der Waals surface area contributed by atoms with Crippen molar-refractivity contribution in [3.8, 4) is 11.5 Å². The molecule has 1 saturated heterocycles. The van der Waals surface area contributed by atoms with Gasteiger partial charge < -0.3 is 19.8 Å². The van der Waals surface area contributed by atoms with Gasteiger partial charge in [-0.25, -0.2) is 9.98 Å². The van der Waals surface area contributed by atoms with Gasteiger partial charge in [0, 0.05) is 31.7 Å². The van der Waals surface area contributed by atoms with E-state index >= 15 is 0 Å². The van der Waals surface area contributed by atoms with E-state index in [9.17, 15) is 0 Å². The van der Waals surface area contributed by atoms with Gasteiger partial charge in [0.2, 0.25) is 5.89 Å². The highest BCUT2D eigenvalue weighted by atomic mass is 16.5. The molecule has 0 saturated carbocycles. The lowest BCUT2D eigenvalue weighted by Crippen LogP contribution is -2.40. The minimum atomic E-state index is 0.481. The van der Waals surface area contributed by atoms with E-state index in [1.54, 1.807) is 6.26 Å². The van der Waals surface area contributed by atoms with Gasteiger partial charge in [-0.2, -0.15) is 0 Å². The van der Waals surface area contributed by atoms with Crippen LogP contribution in [0.3, 0.4) is 0 Å². The molecular formula is C20H29N5O2. The van der Waals surface area contributed by atoms with Gasteiger partial charge in [0.1, 0.15) is 12.0 Å². The first-order valence-electron chi connectivity index (χ1n) is 9.67. The molecule has 1 fully saturated rings. The second kappa shape index (κ2) is 10.7. The maximum Gasteiger partial charge on any atom is 0.226 e. The zero-order valence-electron chi connectivity index (χ0n) is 16.0. The number of morpholine rings is 1. The largest absolute Gasteiger partial charge is 0.444 e. The van der Waals surface area contributed by atoms with Crippen molar-refractivity contribution in [1.82, 2.24) is 20.5 Å². The molecule has 27 heavy (non-hydrogen) atoms. The summed E-state index contributed by atoms with van der Waals surface area (Å²) in [6, 6.07) is 9.89. The van der Waals surface area contributed by atoms with Crippen LogP contribution in [-0.2, 0) is 11.3 Å². The summed E-state index contributed by atoms with van der Waals surface area (Å²) in [5, 5.41) is 6.67. The van der Waals surface area contributed by atoms with Crippen LogP contribution in [0.25, 0.3) is 11.5 Å². The van der Waals surface area contributed by atoms with Gasteiger partial charge in [0.25, 0.3) is 0 Å². The van der Waals surface area contributed by atoms with Crippen molar-refractivity contribution in [3.05, 3.63) is 42.3 Å². The number of hydrogen-bond acceptors (Lipinski definition) is 5. The summed E-state index contributed by atoms with van der Waals surface area (Å²) in [4.78, 5) is 11.6. The summed E-state index contributed by atoms with van der Waals surface area (Å²) in [5.74, 6) is 1.44. The number of hydrogen-bond donors (Lipinski definition) is 2. The molecule has 3 rings (SSSR count). The molecule has 0 spiro atoms. The number of ether oxygens (including phenoxy) is 1. The minimum Gasteiger partial charge on any atom is -0.444 e. The lowest BCUT2D eigenvalue weighted by Gasteiger charge is -2.26. The molecule has 1 aliphatic rings. The SMILES string of the molecule is CCNC(=NCc1coc(-c2ccccc2)n1)NCCCN1CCOCC1. The Bertz CT molecular complexity index is 695. The zero-order chi connectivity index (χ0) is 18.7. The van der Waals surface area contributed by atoms with Crippen molar-refractivity contribution in [1.29, 1.82) is 0 Å². The van der Waals surface area contributed by atoms with Crippen LogP contribution in [0, 0.1) is 0 Å². The predicted octanol–water partition coefficient (Wildman–Crippen LogP) is 2.12. The number of aromatic nitrogens is 1. The number of oxazole rings is 1. The Morgan fingerprint density at radius 3 is 2.78 bits per heavy atom. The van der Waals surface area contributed by atoms with Crippen LogP contribution in [0.5, 0.6) is 0 Å². The molecule has 7 nitrogen and oxygen atoms in total. The summed E-state index contributed by atoms with van der Waals surface area (Å²) in [7, 11) is 0. The van der Waals surface area contributed by atoms with Gasteiger partial charge >= 0.3 is 0 Å². The quantitative estimate of drug-likeness (QED) is 0.421. The number of nitrogens with zero attached hydrogens (tertiary/aromatic N) is 3. The molecule has 7 heteroatoms. The van der Waals surface area contributed by atoms with Crippen LogP contribution in [-0.4, -0.2) is 61.8 Å². The first-order chi connectivity index (χ1) is 13.3. The molecule has 1 aliphatic heterocycles. The van der Waals surface area contributed by atoms with Crippen molar-refractivity contribution >= 4 is 5.96 Å². The average molecular weight is 371 g/mol. The zero-order valence-corrected chi connectivity index (χ0v) is 16.0. The molecule has 0 atom stereocenters. The lowest BCUT2D eigenvalue weighted by atomic mass is 10.2. The van der Waals surface area contributed by atoms with Gasteiger partial charge in [-0.05, 0) is 32.0 Å². The van der Waals surface area contributed by atoms with Crippen LogP contribution in [0.4, 0.5) is 0 Å². The van der Waals surface area contributed by atoms with Crippen LogP contribution >= 0.6 is 0 Å². The fraction of sp³-hybridized carbons (Fsp3) is 0.500. The van der Waals surface area contributed by atoms with Crippen molar-refractivity contribution in [3.63, 3.8) is 0 Å². The molecule has 0 aliphatic carbocycles. The molecule has 0 amide bonds. The highest BCUT2D eigenvalue weighted by molar-refractivity contribution is 5.79. The first-order valence-corrected chi connectivity index (χ1v) is 9.67. The van der Waals surface area contributed by atoms with E-state index in [0.29, 0.717) is 12.4 Å². The summed E-state index contributed by atoms with van der Waals surface area (Å²) in [6.45, 7) is 9.10. The van der Waals surface area contributed by atoms with Crippen molar-refractivity contribution < 1.29 is 9.15 Å². The molecule has 0 bridgehead atoms. The van der Waals surface area contributed by atoms with Crippen LogP contribution in [0.2, 0.25) is 0 Å². The highest BCUT2D eigenvalue weighted by Crippen LogP contribution is 2.18. The summed E-state index contributed by atoms with van der Waals surface area (Å²) < 4.78 is 11.0. The van der Waals surface area contributed by atoms with Crippen molar-refractivity contribution in [2.24, 2.45) is 4.99 Å². The fourth-order valence-electron chi connectivity index (χ4n) is 2.93.